The third kappa shape index (κ3) is 5.26. The topological polar surface area (TPSA) is 37.3 Å². The van der Waals surface area contributed by atoms with E-state index in [4.69, 9.17) is 0 Å². The minimum Gasteiger partial charge on any atom is -0.376 e. The summed E-state index contributed by atoms with van der Waals surface area (Å²) in [5, 5.41) is 13.0. The predicted octanol–water partition coefficient (Wildman–Crippen LogP) is 7.01. The van der Waals surface area contributed by atoms with E-state index in [-0.39, 0.29) is 5.78 Å². The van der Waals surface area contributed by atoms with Gasteiger partial charge in [-0.2, -0.15) is 0 Å². The number of aliphatic hydroxyl groups is 1. The maximum Gasteiger partial charge on any atom is 0.236 e. The van der Waals surface area contributed by atoms with Crippen LogP contribution in [0.1, 0.15) is 66.5 Å². The number of hydrogen-bond acceptors (Lipinski definition) is 2. The van der Waals surface area contributed by atoms with Crippen molar-refractivity contribution in [1.29, 1.82) is 0 Å². The summed E-state index contributed by atoms with van der Waals surface area (Å²) in [5.41, 5.74) is 9.18. The highest BCUT2D eigenvalue weighted by Gasteiger charge is 2.17. The Kier molecular flexibility index (Phi) is 7.12. The number of aryl methyl sites for hydroxylation is 6. The second-order valence-electron chi connectivity index (χ2n) is 9.59. The van der Waals surface area contributed by atoms with E-state index in [1.807, 2.05) is 71.0 Å². The van der Waals surface area contributed by atoms with Crippen LogP contribution in [-0.2, 0) is 0 Å². The molecule has 0 saturated carbocycles. The lowest BCUT2D eigenvalue weighted by Crippen LogP contribution is -2.06. The molecule has 0 saturated heterocycles. The quantitative estimate of drug-likeness (QED) is 0.253. The minimum atomic E-state index is -1.13. The minimum absolute atomic E-state index is 0.335. The Morgan fingerprint density at radius 3 is 1.69 bits per heavy atom. The van der Waals surface area contributed by atoms with E-state index in [0.717, 1.165) is 44.2 Å². The molecule has 1 N–H and O–H groups in total. The summed E-state index contributed by atoms with van der Waals surface area (Å²) in [6.07, 6.45) is -1.13. The molecule has 1 atom stereocenters. The smallest absolute Gasteiger partial charge is 0.236 e. The van der Waals surface area contributed by atoms with E-state index in [1.54, 1.807) is 0 Å². The second-order valence-corrected chi connectivity index (χ2v) is 9.59. The molecule has 0 aromatic heterocycles. The maximum atomic E-state index is 13.4. The van der Waals surface area contributed by atoms with Gasteiger partial charge >= 0.3 is 0 Å². The van der Waals surface area contributed by atoms with Gasteiger partial charge < -0.3 is 5.11 Å². The monoisotopic (exact) mass is 470 g/mol. The van der Waals surface area contributed by atoms with Crippen LogP contribution < -0.4 is 0 Å². The highest BCUT2D eigenvalue weighted by atomic mass is 16.3. The van der Waals surface area contributed by atoms with Crippen molar-refractivity contribution < 1.29 is 9.90 Å². The summed E-state index contributed by atoms with van der Waals surface area (Å²) in [4.78, 5) is 13.4. The highest BCUT2D eigenvalue weighted by molar-refractivity contribution is 6.12. The van der Waals surface area contributed by atoms with Gasteiger partial charge in [0.05, 0.1) is 0 Å². The number of aliphatic hydroxyl groups excluding tert-OH is 1. The molecule has 0 heterocycles. The van der Waals surface area contributed by atoms with E-state index < -0.39 is 6.10 Å². The Hall–Kier alpha value is -4.11. The largest absolute Gasteiger partial charge is 0.376 e. The van der Waals surface area contributed by atoms with Gasteiger partial charge in [0.15, 0.2) is 0 Å². The first-order valence-corrected chi connectivity index (χ1v) is 12.1. The lowest BCUT2D eigenvalue weighted by Gasteiger charge is -2.11. The molecular weight excluding hydrogens is 440 g/mol. The molecule has 2 nitrogen and oxygen atoms in total. The van der Waals surface area contributed by atoms with E-state index in [2.05, 4.69) is 54.9 Å². The standard InChI is InChI=1S/C34H30O2/c1-21-15-23(3)29(24(4)16-21)11-13-33(35)31-19-27-9-7-8-10-28(27)20-32(31)34(36)14-12-30-25(5)17-22(2)18-26(30)6/h7-10,15-20,33,35H,1-6H3. The molecule has 0 fully saturated rings. The number of carbonyl (C=O) groups is 1. The van der Waals surface area contributed by atoms with Crippen molar-refractivity contribution in [3.8, 4) is 23.7 Å². The molecule has 4 rings (SSSR count). The fraction of sp³-hybridized carbons (Fsp3) is 0.206. The van der Waals surface area contributed by atoms with Crippen LogP contribution in [0.15, 0.2) is 60.7 Å². The summed E-state index contributed by atoms with van der Waals surface area (Å²) < 4.78 is 0. The molecule has 0 aliphatic heterocycles. The fourth-order valence-electron chi connectivity index (χ4n) is 4.84. The molecule has 0 bridgehead atoms. The van der Waals surface area contributed by atoms with Crippen molar-refractivity contribution in [2.24, 2.45) is 0 Å². The van der Waals surface area contributed by atoms with E-state index in [9.17, 15) is 9.90 Å². The second kappa shape index (κ2) is 10.2. The predicted molar refractivity (Wildman–Crippen MR) is 148 cm³/mol. The molecule has 4 aromatic carbocycles. The number of hydrogen-bond donors (Lipinski definition) is 1. The van der Waals surface area contributed by atoms with Crippen LogP contribution in [0.5, 0.6) is 0 Å². The zero-order valence-electron chi connectivity index (χ0n) is 21.7. The molecule has 0 spiro atoms. The third-order valence-corrected chi connectivity index (χ3v) is 6.45. The maximum absolute atomic E-state index is 13.4. The first kappa shape index (κ1) is 25.0. The average molecular weight is 471 g/mol. The Labute approximate surface area is 214 Å². The van der Waals surface area contributed by atoms with Gasteiger partial charge in [0.2, 0.25) is 5.78 Å². The van der Waals surface area contributed by atoms with Gasteiger partial charge in [0, 0.05) is 22.3 Å². The summed E-state index contributed by atoms with van der Waals surface area (Å²) in [7, 11) is 0. The molecule has 1 unspecified atom stereocenters. The molecule has 4 aromatic rings. The average Bonchev–Trinajstić information content (AvgIpc) is 2.81. The first-order chi connectivity index (χ1) is 17.1. The lowest BCUT2D eigenvalue weighted by atomic mass is 9.94. The van der Waals surface area contributed by atoms with Gasteiger partial charge in [0.1, 0.15) is 6.10 Å². The summed E-state index contributed by atoms with van der Waals surface area (Å²) in [6, 6.07) is 19.7. The Bertz CT molecular complexity index is 1590. The molecule has 36 heavy (non-hydrogen) atoms. The van der Waals surface area contributed by atoms with Crippen molar-refractivity contribution in [3.05, 3.63) is 116 Å². The van der Waals surface area contributed by atoms with Crippen molar-refractivity contribution in [2.75, 3.05) is 0 Å². The van der Waals surface area contributed by atoms with Crippen molar-refractivity contribution >= 4 is 16.6 Å². The SMILES string of the molecule is Cc1cc(C)c(C#CC(=O)c2cc3ccccc3cc2C(O)C#Cc2c(C)cc(C)cc2C)c(C)c1. The summed E-state index contributed by atoms with van der Waals surface area (Å²) in [6.45, 7) is 12.2. The Morgan fingerprint density at radius 2 is 1.17 bits per heavy atom. The zero-order valence-corrected chi connectivity index (χ0v) is 21.7. The molecule has 178 valence electrons. The van der Waals surface area contributed by atoms with Gasteiger partial charge in [0.25, 0.3) is 0 Å². The Balaban J connectivity index is 1.79. The van der Waals surface area contributed by atoms with Gasteiger partial charge in [-0.15, -0.1) is 0 Å². The molecule has 2 heteroatoms. The van der Waals surface area contributed by atoms with Gasteiger partial charge in [-0.25, -0.2) is 0 Å². The van der Waals surface area contributed by atoms with Crippen molar-refractivity contribution in [3.63, 3.8) is 0 Å². The summed E-state index contributed by atoms with van der Waals surface area (Å²) >= 11 is 0. The molecule has 0 aliphatic carbocycles. The number of Topliss-reactive ketones (excluding diaryl/α,β-unsaturated/α-hetero) is 1. The van der Waals surface area contributed by atoms with E-state index in [0.29, 0.717) is 11.1 Å². The third-order valence-electron chi connectivity index (χ3n) is 6.45. The van der Waals surface area contributed by atoms with Crippen LogP contribution in [0.4, 0.5) is 0 Å². The van der Waals surface area contributed by atoms with Crippen molar-refractivity contribution in [2.45, 2.75) is 47.6 Å². The number of rotatable bonds is 2. The Morgan fingerprint density at radius 1 is 0.694 bits per heavy atom. The van der Waals surface area contributed by atoms with Crippen LogP contribution >= 0.6 is 0 Å². The van der Waals surface area contributed by atoms with Crippen LogP contribution in [0.25, 0.3) is 10.8 Å². The van der Waals surface area contributed by atoms with Crippen LogP contribution in [0.3, 0.4) is 0 Å². The van der Waals surface area contributed by atoms with Gasteiger partial charge in [-0.3, -0.25) is 4.79 Å². The number of ketones is 1. The van der Waals surface area contributed by atoms with Gasteiger partial charge in [-0.1, -0.05) is 77.4 Å². The fourth-order valence-corrected chi connectivity index (χ4v) is 4.84. The summed E-state index contributed by atoms with van der Waals surface area (Å²) in [5.74, 6) is 11.7. The molecule has 0 aliphatic rings. The molecule has 0 radical (unpaired) electrons. The van der Waals surface area contributed by atoms with Crippen LogP contribution in [0.2, 0.25) is 0 Å². The normalized spacial score (nSPS) is 11.3. The first-order valence-electron chi connectivity index (χ1n) is 12.1. The number of fused-ring (bicyclic) bond motifs is 1. The molecule has 0 amide bonds. The van der Waals surface area contributed by atoms with E-state index >= 15 is 0 Å². The van der Waals surface area contributed by atoms with Gasteiger partial charge in [-0.05, 0) is 92.6 Å². The van der Waals surface area contributed by atoms with E-state index in [1.165, 1.54) is 11.1 Å². The van der Waals surface area contributed by atoms with Crippen LogP contribution in [-0.4, -0.2) is 10.9 Å². The number of benzene rings is 4. The highest BCUT2D eigenvalue weighted by Crippen LogP contribution is 2.26. The number of carbonyl (C=O) groups excluding carboxylic acids is 1. The lowest BCUT2D eigenvalue weighted by molar-refractivity contribution is 0.105. The van der Waals surface area contributed by atoms with Crippen LogP contribution in [0, 0.1) is 65.2 Å². The van der Waals surface area contributed by atoms with Crippen molar-refractivity contribution in [1.82, 2.24) is 0 Å². The molecular formula is C34H30O2. The zero-order chi connectivity index (χ0) is 26.0.